The number of esters is 1. The molecule has 0 saturated carbocycles. The Morgan fingerprint density at radius 2 is 2.04 bits per heavy atom. The van der Waals surface area contributed by atoms with E-state index in [1.165, 1.54) is 0 Å². The number of anilines is 1. The highest BCUT2D eigenvalue weighted by Gasteiger charge is 2.08. The lowest BCUT2D eigenvalue weighted by Crippen LogP contribution is -2.13. The fourth-order valence-corrected chi connectivity index (χ4v) is 3.04. The van der Waals surface area contributed by atoms with Crippen molar-refractivity contribution in [2.24, 2.45) is 0 Å². The van der Waals surface area contributed by atoms with E-state index in [4.69, 9.17) is 4.74 Å². The third-order valence-electron chi connectivity index (χ3n) is 3.36. The molecule has 2 aromatic rings. The van der Waals surface area contributed by atoms with E-state index in [0.29, 0.717) is 24.3 Å². The van der Waals surface area contributed by atoms with E-state index in [9.17, 15) is 9.59 Å². The Morgan fingerprint density at radius 1 is 1.16 bits per heavy atom. The molecule has 1 aromatic carbocycles. The first-order valence-electron chi connectivity index (χ1n) is 8.23. The number of rotatable bonds is 9. The van der Waals surface area contributed by atoms with Crippen molar-refractivity contribution < 1.29 is 14.3 Å². The van der Waals surface area contributed by atoms with Crippen LogP contribution in [0.2, 0.25) is 0 Å². The SMILES string of the molecule is CCOC(=O)c1cccc(NC(=O)CCSCCc2ccccn2)c1. The van der Waals surface area contributed by atoms with Crippen LogP contribution in [0.1, 0.15) is 29.4 Å². The standard InChI is InChI=1S/C19H22N2O3S/c1-2-24-19(23)15-6-5-8-17(14-15)21-18(22)10-13-25-12-9-16-7-3-4-11-20-16/h3-8,11,14H,2,9-10,12-13H2,1H3,(H,21,22). The molecule has 5 nitrogen and oxygen atoms in total. The first kappa shape index (κ1) is 19.0. The van der Waals surface area contributed by atoms with E-state index in [2.05, 4.69) is 10.3 Å². The van der Waals surface area contributed by atoms with Crippen LogP contribution in [0.15, 0.2) is 48.7 Å². The average Bonchev–Trinajstić information content (AvgIpc) is 2.63. The first-order valence-corrected chi connectivity index (χ1v) is 9.39. The Bertz CT molecular complexity index is 692. The summed E-state index contributed by atoms with van der Waals surface area (Å²) in [5.41, 5.74) is 2.11. The molecular formula is C19H22N2O3S. The molecule has 6 heteroatoms. The van der Waals surface area contributed by atoms with Gasteiger partial charge in [-0.05, 0) is 49.4 Å². The smallest absolute Gasteiger partial charge is 0.338 e. The second-order valence-electron chi connectivity index (χ2n) is 5.28. The number of benzene rings is 1. The molecule has 0 spiro atoms. The molecule has 1 N–H and O–H groups in total. The first-order chi connectivity index (χ1) is 12.2. The Balaban J connectivity index is 1.69. The molecule has 0 saturated heterocycles. The van der Waals surface area contributed by atoms with Crippen molar-refractivity contribution in [3.8, 4) is 0 Å². The predicted molar refractivity (Wildman–Crippen MR) is 101 cm³/mol. The maximum absolute atomic E-state index is 12.0. The minimum Gasteiger partial charge on any atom is -0.462 e. The lowest BCUT2D eigenvalue weighted by Gasteiger charge is -2.07. The van der Waals surface area contributed by atoms with Gasteiger partial charge in [0, 0.05) is 29.8 Å². The van der Waals surface area contributed by atoms with Gasteiger partial charge in [0.2, 0.25) is 5.91 Å². The predicted octanol–water partition coefficient (Wildman–Crippen LogP) is 3.56. The number of nitrogens with one attached hydrogen (secondary N) is 1. The molecule has 0 aliphatic heterocycles. The normalized spacial score (nSPS) is 10.3. The van der Waals surface area contributed by atoms with Gasteiger partial charge in [-0.15, -0.1) is 0 Å². The summed E-state index contributed by atoms with van der Waals surface area (Å²) in [7, 11) is 0. The highest BCUT2D eigenvalue weighted by atomic mass is 32.2. The van der Waals surface area contributed by atoms with Gasteiger partial charge < -0.3 is 10.1 Å². The zero-order chi connectivity index (χ0) is 17.9. The molecule has 132 valence electrons. The molecule has 0 aliphatic carbocycles. The lowest BCUT2D eigenvalue weighted by atomic mass is 10.2. The average molecular weight is 358 g/mol. The van der Waals surface area contributed by atoms with E-state index in [1.54, 1.807) is 49.1 Å². The molecule has 25 heavy (non-hydrogen) atoms. The number of carbonyl (C=O) groups excluding carboxylic acids is 2. The minimum absolute atomic E-state index is 0.0636. The summed E-state index contributed by atoms with van der Waals surface area (Å²) in [6.07, 6.45) is 3.11. The van der Waals surface area contributed by atoms with Gasteiger partial charge in [-0.25, -0.2) is 4.79 Å². The second kappa shape index (κ2) is 10.5. The summed E-state index contributed by atoms with van der Waals surface area (Å²) in [5.74, 6) is 1.23. The van der Waals surface area contributed by atoms with Crippen LogP contribution >= 0.6 is 11.8 Å². The van der Waals surface area contributed by atoms with Crippen molar-refractivity contribution >= 4 is 29.3 Å². The van der Waals surface area contributed by atoms with E-state index >= 15 is 0 Å². The topological polar surface area (TPSA) is 68.3 Å². The maximum Gasteiger partial charge on any atom is 0.338 e. The number of pyridine rings is 1. The summed E-state index contributed by atoms with van der Waals surface area (Å²) >= 11 is 1.73. The number of nitrogens with zero attached hydrogens (tertiary/aromatic N) is 1. The van der Waals surface area contributed by atoms with Crippen LogP contribution in [0.25, 0.3) is 0 Å². The van der Waals surface area contributed by atoms with Gasteiger partial charge >= 0.3 is 5.97 Å². The van der Waals surface area contributed by atoms with Gasteiger partial charge in [-0.1, -0.05) is 12.1 Å². The molecule has 0 atom stereocenters. The number of carbonyl (C=O) groups is 2. The van der Waals surface area contributed by atoms with Crippen molar-refractivity contribution in [3.63, 3.8) is 0 Å². The number of aryl methyl sites for hydroxylation is 1. The summed E-state index contributed by atoms with van der Waals surface area (Å²) < 4.78 is 4.96. The van der Waals surface area contributed by atoms with Crippen molar-refractivity contribution in [2.45, 2.75) is 19.8 Å². The van der Waals surface area contributed by atoms with Crippen LogP contribution < -0.4 is 5.32 Å². The number of aromatic nitrogens is 1. The van der Waals surface area contributed by atoms with Crippen molar-refractivity contribution in [2.75, 3.05) is 23.4 Å². The van der Waals surface area contributed by atoms with Gasteiger partial charge in [-0.2, -0.15) is 11.8 Å². The van der Waals surface area contributed by atoms with Gasteiger partial charge in [0.15, 0.2) is 0 Å². The number of hydrogen-bond acceptors (Lipinski definition) is 5. The highest BCUT2D eigenvalue weighted by Crippen LogP contribution is 2.13. The Labute approximate surface area is 152 Å². The Morgan fingerprint density at radius 3 is 2.80 bits per heavy atom. The van der Waals surface area contributed by atoms with Crippen LogP contribution in [0, 0.1) is 0 Å². The third-order valence-corrected chi connectivity index (χ3v) is 4.35. The van der Waals surface area contributed by atoms with Crippen molar-refractivity contribution in [3.05, 3.63) is 59.9 Å². The highest BCUT2D eigenvalue weighted by molar-refractivity contribution is 7.99. The van der Waals surface area contributed by atoms with E-state index < -0.39 is 0 Å². The Hall–Kier alpha value is -2.34. The lowest BCUT2D eigenvalue weighted by molar-refractivity contribution is -0.115. The van der Waals surface area contributed by atoms with E-state index in [-0.39, 0.29) is 11.9 Å². The monoisotopic (exact) mass is 358 g/mol. The largest absolute Gasteiger partial charge is 0.462 e. The van der Waals surface area contributed by atoms with Crippen LogP contribution in [-0.4, -0.2) is 35.0 Å². The molecule has 0 aliphatic rings. The van der Waals surface area contributed by atoms with Crippen LogP contribution in [0.3, 0.4) is 0 Å². The number of amides is 1. The molecule has 1 heterocycles. The molecule has 0 fully saturated rings. The molecule has 0 bridgehead atoms. The van der Waals surface area contributed by atoms with E-state index in [0.717, 1.165) is 23.6 Å². The zero-order valence-corrected chi connectivity index (χ0v) is 15.1. The quantitative estimate of drug-likeness (QED) is 0.548. The molecule has 1 aromatic heterocycles. The molecule has 2 rings (SSSR count). The van der Waals surface area contributed by atoms with E-state index in [1.807, 2.05) is 18.2 Å². The van der Waals surface area contributed by atoms with Gasteiger partial charge in [0.1, 0.15) is 0 Å². The molecular weight excluding hydrogens is 336 g/mol. The summed E-state index contributed by atoms with van der Waals surface area (Å²) in [4.78, 5) is 28.0. The summed E-state index contributed by atoms with van der Waals surface area (Å²) in [6.45, 7) is 2.08. The number of ether oxygens (including phenoxy) is 1. The van der Waals surface area contributed by atoms with Gasteiger partial charge in [0.05, 0.1) is 12.2 Å². The van der Waals surface area contributed by atoms with Gasteiger partial charge in [0.25, 0.3) is 0 Å². The minimum atomic E-state index is -0.385. The van der Waals surface area contributed by atoms with Crippen molar-refractivity contribution in [1.82, 2.24) is 4.98 Å². The Kier molecular flexibility index (Phi) is 7.98. The van der Waals surface area contributed by atoms with Crippen LogP contribution in [-0.2, 0) is 16.0 Å². The molecule has 1 amide bonds. The third kappa shape index (κ3) is 6.97. The second-order valence-corrected chi connectivity index (χ2v) is 6.51. The zero-order valence-electron chi connectivity index (χ0n) is 14.2. The van der Waals surface area contributed by atoms with Gasteiger partial charge in [-0.3, -0.25) is 9.78 Å². The van der Waals surface area contributed by atoms with Crippen molar-refractivity contribution in [1.29, 1.82) is 0 Å². The molecule has 0 radical (unpaired) electrons. The number of hydrogen-bond donors (Lipinski definition) is 1. The fraction of sp³-hybridized carbons (Fsp3) is 0.316. The fourth-order valence-electron chi connectivity index (χ4n) is 2.15. The van der Waals surface area contributed by atoms with Crippen LogP contribution in [0.4, 0.5) is 5.69 Å². The van der Waals surface area contributed by atoms with Crippen LogP contribution in [0.5, 0.6) is 0 Å². The number of thioether (sulfide) groups is 1. The maximum atomic E-state index is 12.0. The molecule has 0 unspecified atom stereocenters. The summed E-state index contributed by atoms with van der Waals surface area (Å²) in [6, 6.07) is 12.7. The summed E-state index contributed by atoms with van der Waals surface area (Å²) in [5, 5.41) is 2.82.